The van der Waals surface area contributed by atoms with Crippen molar-refractivity contribution < 1.29 is 17.9 Å². The second-order valence-electron chi connectivity index (χ2n) is 16.5. The molecule has 3 aliphatic rings. The van der Waals surface area contributed by atoms with Gasteiger partial charge < -0.3 is 4.74 Å². The van der Waals surface area contributed by atoms with E-state index in [1.165, 1.54) is 37.8 Å². The number of halogens is 3. The predicted molar refractivity (Wildman–Crippen MR) is 192 cm³/mol. The Morgan fingerprint density at radius 3 is 1.31 bits per heavy atom. The Morgan fingerprint density at radius 2 is 0.952 bits per heavy atom. The van der Waals surface area contributed by atoms with Gasteiger partial charge >= 0.3 is 6.36 Å². The van der Waals surface area contributed by atoms with Crippen LogP contribution in [0.15, 0.2) is 48.5 Å². The van der Waals surface area contributed by atoms with Crippen molar-refractivity contribution in [3.8, 4) is 16.9 Å². The standard InChI is InChI=1S/C32H55F3OSi6/c1-14-15-16-25-30-37(2,3)40(8,9)31(41(10,11)38(30,4)5,42(12,13)39(30,6)7)28-21-17-26(18-22-28)27-19-23-29(24-20-27)36-32(33,34)35/h17-24H,14-16,25H2,1-13H3. The average molecular weight is 681 g/mol. The Labute approximate surface area is 259 Å². The maximum Gasteiger partial charge on any atom is 0.573 e. The first kappa shape index (κ1) is 34.2. The fourth-order valence-corrected chi connectivity index (χ4v) is 155. The number of fused-ring (bicyclic) bond motifs is 3. The van der Waals surface area contributed by atoms with Gasteiger partial charge in [-0.1, -0.05) is 153 Å². The van der Waals surface area contributed by atoms with E-state index in [1.807, 2.05) is 0 Å². The molecule has 42 heavy (non-hydrogen) atoms. The van der Waals surface area contributed by atoms with Crippen molar-refractivity contribution in [1.29, 1.82) is 0 Å². The summed E-state index contributed by atoms with van der Waals surface area (Å²) in [6.07, 6.45) is 0.950. The van der Waals surface area contributed by atoms with Gasteiger partial charge in [0.1, 0.15) is 5.75 Å². The third kappa shape index (κ3) is 3.93. The van der Waals surface area contributed by atoms with Crippen LogP contribution in [0.5, 0.6) is 5.75 Å². The Bertz CT molecular complexity index is 1240. The lowest BCUT2D eigenvalue weighted by atomic mass is 10.0. The summed E-state index contributed by atoms with van der Waals surface area (Å²) in [5, 5.41) is 0. The van der Waals surface area contributed by atoms with Crippen LogP contribution in [0.3, 0.4) is 0 Å². The van der Waals surface area contributed by atoms with Gasteiger partial charge in [-0.2, -0.15) is 0 Å². The number of hydrogen-bond acceptors (Lipinski definition) is 1. The zero-order valence-electron chi connectivity index (χ0n) is 28.5. The molecule has 2 bridgehead atoms. The Balaban J connectivity index is 1.94. The van der Waals surface area contributed by atoms with Gasteiger partial charge in [0.25, 0.3) is 0 Å². The van der Waals surface area contributed by atoms with E-state index in [2.05, 4.69) is 114 Å². The molecule has 2 aromatic carbocycles. The summed E-state index contributed by atoms with van der Waals surface area (Å²) >= 11 is 0. The van der Waals surface area contributed by atoms with Gasteiger partial charge in [-0.05, 0) is 31.8 Å². The molecule has 10 heteroatoms. The maximum absolute atomic E-state index is 12.7. The monoisotopic (exact) mass is 680 g/mol. The molecule has 0 aromatic heterocycles. The molecule has 0 unspecified atom stereocenters. The van der Waals surface area contributed by atoms with Crippen LogP contribution in [0.25, 0.3) is 11.1 Å². The third-order valence-corrected chi connectivity index (χ3v) is 104. The van der Waals surface area contributed by atoms with Gasteiger partial charge in [-0.3, -0.25) is 0 Å². The first-order valence-corrected chi connectivity index (χ1v) is 36.9. The molecule has 1 nitrogen and oxygen atoms in total. The van der Waals surface area contributed by atoms with Crippen LogP contribution < -0.4 is 4.74 Å². The second kappa shape index (κ2) is 10.2. The van der Waals surface area contributed by atoms with E-state index in [4.69, 9.17) is 0 Å². The molecular weight excluding hydrogens is 626 g/mol. The fraction of sp³-hybridized carbons (Fsp3) is 0.625. The van der Waals surface area contributed by atoms with Crippen molar-refractivity contribution >= 4 is 45.5 Å². The molecule has 0 saturated carbocycles. The minimum atomic E-state index is -4.68. The van der Waals surface area contributed by atoms with E-state index >= 15 is 0 Å². The summed E-state index contributed by atoms with van der Waals surface area (Å²) in [5.74, 6) is -0.173. The van der Waals surface area contributed by atoms with E-state index in [1.54, 1.807) is 17.7 Å². The molecule has 5 rings (SSSR count). The van der Waals surface area contributed by atoms with Crippen LogP contribution in [0, 0.1) is 0 Å². The van der Waals surface area contributed by atoms with Crippen molar-refractivity contribution in [2.75, 3.05) is 0 Å². The van der Waals surface area contributed by atoms with Crippen molar-refractivity contribution in [3.05, 3.63) is 54.1 Å². The SMILES string of the molecule is CCCCCC12[Si](C)(C)[Si](C)(C)C(c3ccc(-c4ccc(OC(F)(F)F)cc4)cc3)([Si](C)(C)[Si]1(C)C)[Si](C)(C)[Si]2(C)C. The number of ether oxygens (including phenoxy) is 1. The molecule has 0 atom stereocenters. The van der Waals surface area contributed by atoms with Crippen molar-refractivity contribution in [2.45, 2.75) is 126 Å². The van der Waals surface area contributed by atoms with Crippen LogP contribution >= 0.6 is 0 Å². The Morgan fingerprint density at radius 1 is 0.571 bits per heavy atom. The zero-order chi connectivity index (χ0) is 32.0. The highest BCUT2D eigenvalue weighted by Crippen LogP contribution is 2.78. The molecule has 0 amide bonds. The van der Waals surface area contributed by atoms with Crippen LogP contribution in [-0.4, -0.2) is 51.9 Å². The van der Waals surface area contributed by atoms with Crippen LogP contribution in [0.4, 0.5) is 13.2 Å². The van der Waals surface area contributed by atoms with Gasteiger partial charge in [0.2, 0.25) is 0 Å². The van der Waals surface area contributed by atoms with Gasteiger partial charge in [-0.25, -0.2) is 0 Å². The zero-order valence-corrected chi connectivity index (χ0v) is 34.5. The second-order valence-corrected chi connectivity index (χ2v) is 66.3. The van der Waals surface area contributed by atoms with Crippen molar-refractivity contribution in [1.82, 2.24) is 0 Å². The summed E-state index contributed by atoms with van der Waals surface area (Å²) in [7, 11) is -10.4. The summed E-state index contributed by atoms with van der Waals surface area (Å²) in [4.78, 5) is 0. The normalized spacial score (nSPS) is 29.7. The largest absolute Gasteiger partial charge is 0.573 e. The van der Waals surface area contributed by atoms with Crippen molar-refractivity contribution in [2.24, 2.45) is 0 Å². The third-order valence-electron chi connectivity index (χ3n) is 14.6. The molecule has 3 heterocycles. The molecule has 2 aromatic rings. The summed E-state index contributed by atoms with van der Waals surface area (Å²) in [5.41, 5.74) is 3.65. The predicted octanol–water partition coefficient (Wildman–Crippen LogP) is 11.0. The highest BCUT2D eigenvalue weighted by Gasteiger charge is 2.92. The lowest BCUT2D eigenvalue weighted by molar-refractivity contribution is -0.274. The topological polar surface area (TPSA) is 9.23 Å². The molecule has 234 valence electrons. The van der Waals surface area contributed by atoms with Crippen molar-refractivity contribution in [3.63, 3.8) is 0 Å². The molecule has 3 fully saturated rings. The van der Waals surface area contributed by atoms with Gasteiger partial charge in [0, 0.05) is 45.5 Å². The van der Waals surface area contributed by atoms with Crippen LogP contribution in [-0.2, 0) is 4.28 Å². The average Bonchev–Trinajstić information content (AvgIpc) is 2.84. The smallest absolute Gasteiger partial charge is 0.406 e. The van der Waals surface area contributed by atoms with Crippen LogP contribution in [0.2, 0.25) is 82.8 Å². The van der Waals surface area contributed by atoms with E-state index < -0.39 is 51.9 Å². The first-order valence-electron chi connectivity index (χ1n) is 15.9. The fourth-order valence-electron chi connectivity index (χ4n) is 12.1. The van der Waals surface area contributed by atoms with Gasteiger partial charge in [-0.15, -0.1) is 13.2 Å². The number of alkyl halides is 3. The highest BCUT2D eigenvalue weighted by atomic mass is 29.4. The maximum atomic E-state index is 12.7. The molecule has 3 saturated heterocycles. The number of hydrogen-bond donors (Lipinski definition) is 0. The summed E-state index contributed by atoms with van der Waals surface area (Å²) in [6, 6.07) is 15.9. The molecular formula is C32H55F3OSi6. The number of rotatable bonds is 7. The summed E-state index contributed by atoms with van der Waals surface area (Å²) in [6.45, 7) is 36.8. The van der Waals surface area contributed by atoms with E-state index in [0.29, 0.717) is 8.57 Å². The van der Waals surface area contributed by atoms with Gasteiger partial charge in [0.05, 0.1) is 0 Å². The highest BCUT2D eigenvalue weighted by molar-refractivity contribution is 7.77. The van der Waals surface area contributed by atoms with Gasteiger partial charge in [0.15, 0.2) is 0 Å². The minimum absolute atomic E-state index is 0.173. The molecule has 0 radical (unpaired) electrons. The molecule has 0 N–H and O–H groups in total. The van der Waals surface area contributed by atoms with Crippen LogP contribution in [0.1, 0.15) is 38.2 Å². The quantitative estimate of drug-likeness (QED) is 0.209. The van der Waals surface area contributed by atoms with E-state index in [-0.39, 0.29) is 5.75 Å². The number of benzene rings is 2. The van der Waals surface area contributed by atoms with E-state index in [0.717, 1.165) is 11.1 Å². The summed E-state index contributed by atoms with van der Waals surface area (Å²) < 4.78 is 43.4. The molecule has 3 aliphatic heterocycles. The van der Waals surface area contributed by atoms with E-state index in [9.17, 15) is 13.2 Å². The lowest BCUT2D eigenvalue weighted by Gasteiger charge is -2.89. The Kier molecular flexibility index (Phi) is 8.28. The molecule has 0 spiro atoms. The first-order chi connectivity index (χ1) is 19.0. The minimum Gasteiger partial charge on any atom is -0.406 e. The Hall–Kier alpha value is -0.669. The number of unbranched alkanes of at least 4 members (excludes halogenated alkanes) is 2. The molecule has 0 aliphatic carbocycles. The lowest BCUT2D eigenvalue weighted by Crippen LogP contribution is -3.07.